The van der Waals surface area contributed by atoms with Crippen LogP contribution in [-0.4, -0.2) is 12.0 Å². The Hall–Kier alpha value is -1.32. The first-order valence-electron chi connectivity index (χ1n) is 6.14. The third-order valence-electron chi connectivity index (χ3n) is 3.23. The molecule has 0 radical (unpaired) electrons. The molecule has 0 aliphatic carbocycles. The molecule has 3 nitrogen and oxygen atoms in total. The molecule has 1 aromatic heterocycles. The van der Waals surface area contributed by atoms with Crippen molar-refractivity contribution in [3.05, 3.63) is 35.5 Å². The van der Waals surface area contributed by atoms with Gasteiger partial charge in [-0.2, -0.15) is 0 Å². The predicted octanol–water partition coefficient (Wildman–Crippen LogP) is 2.54. The summed E-state index contributed by atoms with van der Waals surface area (Å²) in [5.74, 6) is 0.435. The molecule has 1 heterocycles. The highest BCUT2D eigenvalue weighted by atomic mass is 14.9. The Balaban J connectivity index is 2.59. The van der Waals surface area contributed by atoms with E-state index in [9.17, 15) is 0 Å². The summed E-state index contributed by atoms with van der Waals surface area (Å²) in [6, 6.07) is 8.44. The molecule has 0 amide bonds. The number of para-hydroxylation sites is 1. The second kappa shape index (κ2) is 4.90. The second-order valence-electron chi connectivity index (χ2n) is 4.86. The average Bonchev–Trinajstić information content (AvgIpc) is 2.66. The maximum absolute atomic E-state index is 6.33. The van der Waals surface area contributed by atoms with Gasteiger partial charge in [0.2, 0.25) is 0 Å². The van der Waals surface area contributed by atoms with Crippen LogP contribution < -0.4 is 11.1 Å². The number of hydrogen-bond acceptors (Lipinski definition) is 2. The third-order valence-corrected chi connectivity index (χ3v) is 3.23. The summed E-state index contributed by atoms with van der Waals surface area (Å²) in [4.78, 5) is 3.46. The summed E-state index contributed by atoms with van der Waals surface area (Å²) < 4.78 is 0. The number of nitrogens with one attached hydrogen (secondary N) is 2. The Labute approximate surface area is 102 Å². The molecular weight excluding hydrogens is 210 g/mol. The van der Waals surface area contributed by atoms with Crippen LogP contribution in [0.5, 0.6) is 0 Å². The van der Waals surface area contributed by atoms with E-state index in [0.717, 1.165) is 6.54 Å². The van der Waals surface area contributed by atoms with Gasteiger partial charge in [0, 0.05) is 29.2 Å². The van der Waals surface area contributed by atoms with E-state index >= 15 is 0 Å². The lowest BCUT2D eigenvalue weighted by Gasteiger charge is -2.17. The van der Waals surface area contributed by atoms with Gasteiger partial charge in [-0.1, -0.05) is 32.0 Å². The van der Waals surface area contributed by atoms with Crippen molar-refractivity contribution in [1.82, 2.24) is 10.3 Å². The minimum Gasteiger partial charge on any atom is -0.357 e. The highest BCUT2D eigenvalue weighted by molar-refractivity contribution is 5.85. The first-order valence-corrected chi connectivity index (χ1v) is 6.14. The van der Waals surface area contributed by atoms with Crippen molar-refractivity contribution in [3.8, 4) is 0 Å². The molecule has 1 unspecified atom stereocenters. The van der Waals surface area contributed by atoms with Crippen LogP contribution in [0.2, 0.25) is 0 Å². The number of rotatable bonds is 4. The lowest BCUT2D eigenvalue weighted by Crippen LogP contribution is -2.19. The summed E-state index contributed by atoms with van der Waals surface area (Å²) in [6.07, 6.45) is 0. The smallest absolute Gasteiger partial charge is 0.0459 e. The quantitative estimate of drug-likeness (QED) is 0.757. The van der Waals surface area contributed by atoms with Crippen molar-refractivity contribution in [2.24, 2.45) is 11.7 Å². The molecule has 0 spiro atoms. The summed E-state index contributed by atoms with van der Waals surface area (Å²) in [6.45, 7) is 5.15. The van der Waals surface area contributed by atoms with E-state index in [-0.39, 0.29) is 6.04 Å². The molecule has 0 saturated carbocycles. The van der Waals surface area contributed by atoms with Crippen LogP contribution in [0.1, 0.15) is 31.1 Å². The van der Waals surface area contributed by atoms with E-state index in [1.807, 2.05) is 13.1 Å². The second-order valence-corrected chi connectivity index (χ2v) is 4.86. The van der Waals surface area contributed by atoms with Gasteiger partial charge in [-0.15, -0.1) is 0 Å². The first kappa shape index (κ1) is 12.1. The van der Waals surface area contributed by atoms with Gasteiger partial charge in [0.25, 0.3) is 0 Å². The van der Waals surface area contributed by atoms with Gasteiger partial charge in [-0.3, -0.25) is 0 Å². The lowest BCUT2D eigenvalue weighted by molar-refractivity contribution is 0.512. The normalized spacial score (nSPS) is 13.5. The van der Waals surface area contributed by atoms with Gasteiger partial charge in [-0.25, -0.2) is 0 Å². The van der Waals surface area contributed by atoms with Crippen molar-refractivity contribution < 1.29 is 0 Å². The number of hydrogen-bond donors (Lipinski definition) is 3. The number of nitrogens with two attached hydrogens (primary N) is 1. The maximum atomic E-state index is 6.33. The monoisotopic (exact) mass is 231 g/mol. The molecule has 0 aliphatic rings. The molecule has 4 N–H and O–H groups in total. The van der Waals surface area contributed by atoms with Crippen molar-refractivity contribution in [1.29, 1.82) is 0 Å². The average molecular weight is 231 g/mol. The van der Waals surface area contributed by atoms with Gasteiger partial charge in [-0.05, 0) is 24.6 Å². The summed E-state index contributed by atoms with van der Waals surface area (Å²) in [7, 11) is 1.95. The van der Waals surface area contributed by atoms with Crippen LogP contribution in [0.3, 0.4) is 0 Å². The number of aromatic amines is 1. The zero-order chi connectivity index (χ0) is 12.4. The number of H-pyrrole nitrogens is 1. The Morgan fingerprint density at radius 1 is 1.29 bits per heavy atom. The zero-order valence-corrected chi connectivity index (χ0v) is 10.7. The molecule has 0 aliphatic heterocycles. The maximum Gasteiger partial charge on any atom is 0.0459 e. The van der Waals surface area contributed by atoms with Gasteiger partial charge in [0.15, 0.2) is 0 Å². The fourth-order valence-corrected chi connectivity index (χ4v) is 2.25. The highest BCUT2D eigenvalue weighted by Gasteiger charge is 2.19. The number of aromatic nitrogens is 1. The van der Waals surface area contributed by atoms with E-state index in [1.165, 1.54) is 22.2 Å². The van der Waals surface area contributed by atoms with Crippen LogP contribution in [0.25, 0.3) is 10.9 Å². The predicted molar refractivity (Wildman–Crippen MR) is 72.8 cm³/mol. The standard InChI is InChI=1S/C14H21N3/c1-9(2)14(15)13-10-6-4-5-7-11(10)17-12(13)8-16-3/h4-7,9,14,16-17H,8,15H2,1-3H3. The minimum absolute atomic E-state index is 0.0782. The van der Waals surface area contributed by atoms with E-state index in [2.05, 4.69) is 42.3 Å². The molecule has 0 fully saturated rings. The molecule has 3 heteroatoms. The molecule has 2 aromatic rings. The molecule has 0 bridgehead atoms. The molecule has 2 rings (SSSR count). The summed E-state index contributed by atoms with van der Waals surface area (Å²) >= 11 is 0. The van der Waals surface area contributed by atoms with Gasteiger partial charge in [0.05, 0.1) is 0 Å². The highest BCUT2D eigenvalue weighted by Crippen LogP contribution is 2.30. The van der Waals surface area contributed by atoms with E-state index < -0.39 is 0 Å². The van der Waals surface area contributed by atoms with Gasteiger partial charge >= 0.3 is 0 Å². The van der Waals surface area contributed by atoms with E-state index in [0.29, 0.717) is 5.92 Å². The molecular formula is C14H21N3. The Bertz CT molecular complexity index is 499. The molecule has 0 saturated heterocycles. The summed E-state index contributed by atoms with van der Waals surface area (Å²) in [5.41, 5.74) is 9.96. The fraction of sp³-hybridized carbons (Fsp3) is 0.429. The number of fused-ring (bicyclic) bond motifs is 1. The molecule has 1 atom stereocenters. The third kappa shape index (κ3) is 2.21. The van der Waals surface area contributed by atoms with Crippen molar-refractivity contribution in [2.75, 3.05) is 7.05 Å². The fourth-order valence-electron chi connectivity index (χ4n) is 2.25. The van der Waals surface area contributed by atoms with Crippen molar-refractivity contribution >= 4 is 10.9 Å². The van der Waals surface area contributed by atoms with Gasteiger partial charge < -0.3 is 16.0 Å². The van der Waals surface area contributed by atoms with Crippen molar-refractivity contribution in [2.45, 2.75) is 26.4 Å². The van der Waals surface area contributed by atoms with Gasteiger partial charge in [0.1, 0.15) is 0 Å². The van der Waals surface area contributed by atoms with Crippen LogP contribution in [0, 0.1) is 5.92 Å². The van der Waals surface area contributed by atoms with Crippen LogP contribution in [0.15, 0.2) is 24.3 Å². The Morgan fingerprint density at radius 3 is 2.65 bits per heavy atom. The minimum atomic E-state index is 0.0782. The van der Waals surface area contributed by atoms with E-state index in [4.69, 9.17) is 5.73 Å². The topological polar surface area (TPSA) is 53.8 Å². The Morgan fingerprint density at radius 2 is 2.00 bits per heavy atom. The van der Waals surface area contributed by atoms with Crippen LogP contribution >= 0.6 is 0 Å². The van der Waals surface area contributed by atoms with E-state index in [1.54, 1.807) is 0 Å². The zero-order valence-electron chi connectivity index (χ0n) is 10.7. The molecule has 92 valence electrons. The molecule has 17 heavy (non-hydrogen) atoms. The SMILES string of the molecule is CNCc1[nH]c2ccccc2c1C(N)C(C)C. The largest absolute Gasteiger partial charge is 0.357 e. The van der Waals surface area contributed by atoms with Crippen molar-refractivity contribution in [3.63, 3.8) is 0 Å². The Kier molecular flexibility index (Phi) is 3.50. The molecule has 1 aromatic carbocycles. The van der Waals surface area contributed by atoms with Crippen LogP contribution in [-0.2, 0) is 6.54 Å². The lowest BCUT2D eigenvalue weighted by atomic mass is 9.94. The first-order chi connectivity index (χ1) is 8.15. The summed E-state index contributed by atoms with van der Waals surface area (Å²) in [5, 5.41) is 4.44. The van der Waals surface area contributed by atoms with Crippen LogP contribution in [0.4, 0.5) is 0 Å². The number of benzene rings is 1.